The van der Waals surface area contributed by atoms with Gasteiger partial charge in [0.2, 0.25) is 11.0 Å². The average molecular weight is 415 g/mol. The second kappa shape index (κ2) is 7.01. The van der Waals surface area contributed by atoms with Crippen LogP contribution in [0.2, 0.25) is 0 Å². The number of rotatable bonds is 3. The lowest BCUT2D eigenvalue weighted by molar-refractivity contribution is 0.225. The van der Waals surface area contributed by atoms with E-state index in [0.29, 0.717) is 16.7 Å². The summed E-state index contributed by atoms with van der Waals surface area (Å²) in [5, 5.41) is 12.7. The summed E-state index contributed by atoms with van der Waals surface area (Å²) in [6.45, 7) is 2.06. The molecular formula is C18H15BrN4OS. The van der Waals surface area contributed by atoms with Gasteiger partial charge in [0.15, 0.2) is 11.9 Å². The Balaban J connectivity index is 1.84. The zero-order valence-corrected chi connectivity index (χ0v) is 15.8. The molecule has 0 aliphatic carbocycles. The second-order valence-electron chi connectivity index (χ2n) is 5.42. The summed E-state index contributed by atoms with van der Waals surface area (Å²) in [7, 11) is 0. The van der Waals surface area contributed by atoms with Crippen molar-refractivity contribution in [1.29, 1.82) is 0 Å². The van der Waals surface area contributed by atoms with E-state index in [1.807, 2.05) is 48.5 Å². The highest BCUT2D eigenvalue weighted by atomic mass is 79.9. The van der Waals surface area contributed by atoms with Crippen LogP contribution < -0.4 is 10.1 Å². The zero-order valence-electron chi connectivity index (χ0n) is 13.4. The van der Waals surface area contributed by atoms with Crippen molar-refractivity contribution in [3.63, 3.8) is 0 Å². The van der Waals surface area contributed by atoms with Crippen LogP contribution in [0.5, 0.6) is 5.88 Å². The molecule has 0 amide bonds. The van der Waals surface area contributed by atoms with Gasteiger partial charge < -0.3 is 10.1 Å². The molecule has 1 aliphatic rings. The van der Waals surface area contributed by atoms with Crippen molar-refractivity contribution < 1.29 is 4.74 Å². The molecule has 25 heavy (non-hydrogen) atoms. The highest BCUT2D eigenvalue weighted by molar-refractivity contribution is 9.10. The Hall–Kier alpha value is -2.12. The summed E-state index contributed by atoms with van der Waals surface area (Å²) in [4.78, 5) is 4.58. The van der Waals surface area contributed by atoms with Crippen molar-refractivity contribution in [2.75, 3.05) is 11.1 Å². The third-order valence-electron chi connectivity index (χ3n) is 3.76. The van der Waals surface area contributed by atoms with Gasteiger partial charge in [-0.15, -0.1) is 10.2 Å². The first-order chi connectivity index (χ1) is 12.2. The maximum absolute atomic E-state index is 6.21. The van der Waals surface area contributed by atoms with Crippen LogP contribution in [-0.4, -0.2) is 20.9 Å². The van der Waals surface area contributed by atoms with Gasteiger partial charge in [-0.05, 0) is 24.0 Å². The number of halogens is 1. The van der Waals surface area contributed by atoms with E-state index in [2.05, 4.69) is 43.4 Å². The van der Waals surface area contributed by atoms with Crippen LogP contribution in [0.3, 0.4) is 0 Å². The zero-order chi connectivity index (χ0) is 17.2. The normalized spacial score (nSPS) is 15.4. The number of ether oxygens (including phenoxy) is 1. The van der Waals surface area contributed by atoms with E-state index in [1.54, 1.807) is 11.8 Å². The number of para-hydroxylation sites is 1. The Morgan fingerprint density at radius 2 is 2.04 bits per heavy atom. The van der Waals surface area contributed by atoms with Crippen LogP contribution in [0.4, 0.5) is 5.69 Å². The Bertz CT molecular complexity index is 921. The van der Waals surface area contributed by atoms with Crippen molar-refractivity contribution >= 4 is 33.4 Å². The second-order valence-corrected chi connectivity index (χ2v) is 7.57. The molecule has 126 valence electrons. The minimum absolute atomic E-state index is 0.365. The lowest BCUT2D eigenvalue weighted by Crippen LogP contribution is -2.17. The molecule has 5 nitrogen and oxygen atoms in total. The van der Waals surface area contributed by atoms with Gasteiger partial charge in [0, 0.05) is 21.3 Å². The first kappa shape index (κ1) is 16.4. The van der Waals surface area contributed by atoms with E-state index in [4.69, 9.17) is 4.74 Å². The molecular weight excluding hydrogens is 400 g/mol. The number of hydrogen-bond acceptors (Lipinski definition) is 6. The molecule has 2 heterocycles. The molecule has 0 bridgehead atoms. The third kappa shape index (κ3) is 3.34. The molecule has 0 saturated heterocycles. The van der Waals surface area contributed by atoms with E-state index in [1.165, 1.54) is 0 Å². The molecule has 0 saturated carbocycles. The third-order valence-corrected chi connectivity index (χ3v) is 4.97. The summed E-state index contributed by atoms with van der Waals surface area (Å²) in [5.74, 6) is 1.37. The predicted molar refractivity (Wildman–Crippen MR) is 103 cm³/mol. The quantitative estimate of drug-likeness (QED) is 0.613. The molecule has 0 radical (unpaired) electrons. The number of nitrogens with one attached hydrogen (secondary N) is 1. The maximum atomic E-state index is 6.21. The molecule has 1 aromatic heterocycles. The molecule has 4 rings (SSSR count). The fraction of sp³-hybridized carbons (Fsp3) is 0.167. The number of thioether (sulfide) groups is 1. The number of hydrogen-bond donors (Lipinski definition) is 1. The molecule has 2 aromatic carbocycles. The van der Waals surface area contributed by atoms with Crippen LogP contribution in [-0.2, 0) is 0 Å². The molecule has 3 aromatic rings. The van der Waals surface area contributed by atoms with Crippen molar-refractivity contribution in [2.24, 2.45) is 0 Å². The molecule has 1 N–H and O–H groups in total. The van der Waals surface area contributed by atoms with Gasteiger partial charge in [-0.25, -0.2) is 0 Å². The summed E-state index contributed by atoms with van der Waals surface area (Å²) in [6.07, 6.45) is -0.365. The van der Waals surface area contributed by atoms with E-state index < -0.39 is 0 Å². The van der Waals surface area contributed by atoms with Gasteiger partial charge in [0.1, 0.15) is 0 Å². The van der Waals surface area contributed by atoms with Crippen molar-refractivity contribution in [3.05, 3.63) is 58.6 Å². The lowest BCUT2D eigenvalue weighted by atomic mass is 10.1. The number of benzene rings is 2. The Labute approximate surface area is 158 Å². The van der Waals surface area contributed by atoms with Gasteiger partial charge in [-0.2, -0.15) is 4.98 Å². The lowest BCUT2D eigenvalue weighted by Gasteiger charge is -2.19. The highest BCUT2D eigenvalue weighted by Crippen LogP contribution is 2.39. The molecule has 0 fully saturated rings. The van der Waals surface area contributed by atoms with Crippen LogP contribution in [0.15, 0.2) is 58.2 Å². The Morgan fingerprint density at radius 1 is 1.16 bits per heavy atom. The maximum Gasteiger partial charge on any atom is 0.247 e. The number of aromatic nitrogens is 3. The van der Waals surface area contributed by atoms with E-state index >= 15 is 0 Å². The smallest absolute Gasteiger partial charge is 0.247 e. The monoisotopic (exact) mass is 414 g/mol. The largest absolute Gasteiger partial charge is 0.448 e. The summed E-state index contributed by atoms with van der Waals surface area (Å²) in [6, 6.07) is 16.0. The van der Waals surface area contributed by atoms with Crippen LogP contribution >= 0.6 is 27.7 Å². The SMILES string of the molecule is CCSc1nnc2c(n1)O[C@@H](c1cccc(Br)c1)Nc1ccccc1-2. The van der Waals surface area contributed by atoms with Crippen molar-refractivity contribution in [1.82, 2.24) is 15.2 Å². The molecule has 0 unspecified atom stereocenters. The fourth-order valence-electron chi connectivity index (χ4n) is 2.66. The number of anilines is 1. The molecule has 1 atom stereocenters. The number of nitrogens with zero attached hydrogens (tertiary/aromatic N) is 3. The van der Waals surface area contributed by atoms with Crippen LogP contribution in [0.25, 0.3) is 11.3 Å². The van der Waals surface area contributed by atoms with E-state index in [-0.39, 0.29) is 6.23 Å². The van der Waals surface area contributed by atoms with Crippen molar-refractivity contribution in [2.45, 2.75) is 18.3 Å². The summed E-state index contributed by atoms with van der Waals surface area (Å²) < 4.78 is 7.21. The van der Waals surface area contributed by atoms with Gasteiger partial charge in [-0.1, -0.05) is 64.9 Å². The van der Waals surface area contributed by atoms with E-state index in [0.717, 1.165) is 27.0 Å². The van der Waals surface area contributed by atoms with Crippen LogP contribution in [0.1, 0.15) is 18.7 Å². The standard InChI is InChI=1S/C18H15BrN4OS/c1-2-25-18-21-17-15(22-23-18)13-8-3-4-9-14(13)20-16(24-17)11-6-5-7-12(19)10-11/h3-10,16,20H,2H2,1H3/t16-/m0/s1. The van der Waals surface area contributed by atoms with Crippen molar-refractivity contribution in [3.8, 4) is 17.1 Å². The molecule has 0 spiro atoms. The topological polar surface area (TPSA) is 59.9 Å². The average Bonchev–Trinajstić information content (AvgIpc) is 2.78. The van der Waals surface area contributed by atoms with E-state index in [9.17, 15) is 0 Å². The number of fused-ring (bicyclic) bond motifs is 3. The highest BCUT2D eigenvalue weighted by Gasteiger charge is 2.25. The minimum atomic E-state index is -0.365. The van der Waals surface area contributed by atoms with Gasteiger partial charge >= 0.3 is 0 Å². The minimum Gasteiger partial charge on any atom is -0.448 e. The van der Waals surface area contributed by atoms with Gasteiger partial charge in [-0.3, -0.25) is 0 Å². The molecule has 1 aliphatic heterocycles. The Kier molecular flexibility index (Phi) is 4.59. The summed E-state index contributed by atoms with van der Waals surface area (Å²) >= 11 is 5.06. The summed E-state index contributed by atoms with van der Waals surface area (Å²) in [5.41, 5.74) is 3.53. The fourth-order valence-corrected chi connectivity index (χ4v) is 3.58. The first-order valence-electron chi connectivity index (χ1n) is 7.90. The van der Waals surface area contributed by atoms with Crippen LogP contribution in [0, 0.1) is 0 Å². The predicted octanol–water partition coefficient (Wildman–Crippen LogP) is 4.92. The van der Waals surface area contributed by atoms with Gasteiger partial charge in [0.05, 0.1) is 0 Å². The Morgan fingerprint density at radius 3 is 2.88 bits per heavy atom. The molecule has 7 heteroatoms. The first-order valence-corrected chi connectivity index (χ1v) is 9.68. The van der Waals surface area contributed by atoms with Gasteiger partial charge in [0.25, 0.3) is 0 Å².